The van der Waals surface area contributed by atoms with Gasteiger partial charge in [0.1, 0.15) is 12.0 Å². The number of hydrogen-bond donors (Lipinski definition) is 1. The Bertz CT molecular complexity index is 406. The molecule has 0 radical (unpaired) electrons. The number of rotatable bonds is 2. The van der Waals surface area contributed by atoms with Gasteiger partial charge in [-0.3, -0.25) is 0 Å². The Hall–Kier alpha value is -1.61. The van der Waals surface area contributed by atoms with Gasteiger partial charge in [-0.2, -0.15) is 0 Å². The number of aliphatic hydroxyl groups excluding tert-OH is 1. The maximum atomic E-state index is 9.26. The number of oxazole rings is 1. The number of nitrogens with zero attached hydrogens (tertiary/aromatic N) is 1. The number of aromatic nitrogens is 1. The second-order valence-corrected chi connectivity index (χ2v) is 3.12. The van der Waals surface area contributed by atoms with Crippen LogP contribution in [0.2, 0.25) is 0 Å². The van der Waals surface area contributed by atoms with E-state index >= 15 is 0 Å². The Morgan fingerprint density at radius 3 is 2.57 bits per heavy atom. The molecule has 2 aromatic rings. The Balaban J connectivity index is 2.34. The Morgan fingerprint density at radius 2 is 2.00 bits per heavy atom. The molecule has 1 atom stereocenters. The van der Waals surface area contributed by atoms with E-state index in [1.54, 1.807) is 6.92 Å². The van der Waals surface area contributed by atoms with Gasteiger partial charge >= 0.3 is 0 Å². The summed E-state index contributed by atoms with van der Waals surface area (Å²) in [7, 11) is 0. The largest absolute Gasteiger partial charge is 0.444 e. The van der Waals surface area contributed by atoms with Crippen molar-refractivity contribution < 1.29 is 9.52 Å². The molecule has 0 saturated heterocycles. The van der Waals surface area contributed by atoms with Gasteiger partial charge in [-0.1, -0.05) is 18.2 Å². The molecule has 1 aromatic carbocycles. The zero-order valence-electron chi connectivity index (χ0n) is 7.84. The van der Waals surface area contributed by atoms with Crippen LogP contribution in [-0.2, 0) is 0 Å². The van der Waals surface area contributed by atoms with Crippen LogP contribution in [0.4, 0.5) is 0 Å². The number of hydrogen-bond acceptors (Lipinski definition) is 3. The molecule has 0 aliphatic heterocycles. The van der Waals surface area contributed by atoms with Crippen LogP contribution in [0, 0.1) is 0 Å². The van der Waals surface area contributed by atoms with Gasteiger partial charge in [-0.25, -0.2) is 4.98 Å². The third-order valence-corrected chi connectivity index (χ3v) is 1.97. The summed E-state index contributed by atoms with van der Waals surface area (Å²) < 4.78 is 5.24. The third-order valence-electron chi connectivity index (χ3n) is 1.97. The molecule has 0 bridgehead atoms. The molecule has 3 heteroatoms. The highest BCUT2D eigenvalue weighted by molar-refractivity contribution is 5.52. The lowest BCUT2D eigenvalue weighted by atomic mass is 10.2. The van der Waals surface area contributed by atoms with Gasteiger partial charge in [0.2, 0.25) is 5.89 Å². The van der Waals surface area contributed by atoms with Gasteiger partial charge in [-0.15, -0.1) is 0 Å². The van der Waals surface area contributed by atoms with E-state index in [4.69, 9.17) is 4.42 Å². The molecular formula is C11H11NO2. The summed E-state index contributed by atoms with van der Waals surface area (Å²) >= 11 is 0. The molecule has 0 fully saturated rings. The maximum absolute atomic E-state index is 9.26. The van der Waals surface area contributed by atoms with Crippen molar-refractivity contribution in [2.24, 2.45) is 0 Å². The van der Waals surface area contributed by atoms with E-state index in [0.29, 0.717) is 11.6 Å². The Morgan fingerprint density at radius 1 is 1.29 bits per heavy atom. The summed E-state index contributed by atoms with van der Waals surface area (Å²) in [6.45, 7) is 1.66. The van der Waals surface area contributed by atoms with Gasteiger partial charge in [0.25, 0.3) is 0 Å². The van der Waals surface area contributed by atoms with Gasteiger partial charge in [0.15, 0.2) is 0 Å². The topological polar surface area (TPSA) is 46.3 Å². The van der Waals surface area contributed by atoms with Crippen molar-refractivity contribution in [2.75, 3.05) is 0 Å². The first kappa shape index (κ1) is 8.97. The minimum Gasteiger partial charge on any atom is -0.444 e. The van der Waals surface area contributed by atoms with E-state index < -0.39 is 6.10 Å². The predicted molar refractivity (Wildman–Crippen MR) is 52.6 cm³/mol. The van der Waals surface area contributed by atoms with Crippen LogP contribution in [0.25, 0.3) is 11.5 Å². The zero-order chi connectivity index (χ0) is 9.97. The molecule has 1 N–H and O–H groups in total. The fourth-order valence-electron chi connectivity index (χ4n) is 1.19. The molecule has 3 nitrogen and oxygen atoms in total. The molecule has 1 heterocycles. The van der Waals surface area contributed by atoms with Gasteiger partial charge < -0.3 is 9.52 Å². The minimum absolute atomic E-state index is 0.543. The summed E-state index contributed by atoms with van der Waals surface area (Å²) in [4.78, 5) is 4.16. The smallest absolute Gasteiger partial charge is 0.226 e. The van der Waals surface area contributed by atoms with Crippen LogP contribution in [0.15, 0.2) is 41.0 Å². The van der Waals surface area contributed by atoms with E-state index in [2.05, 4.69) is 4.98 Å². The number of aliphatic hydroxyl groups is 1. The molecule has 0 spiro atoms. The van der Waals surface area contributed by atoms with E-state index in [1.807, 2.05) is 30.3 Å². The van der Waals surface area contributed by atoms with Crippen molar-refractivity contribution in [1.82, 2.24) is 4.98 Å². The first-order valence-corrected chi connectivity index (χ1v) is 4.46. The van der Waals surface area contributed by atoms with Crippen molar-refractivity contribution in [2.45, 2.75) is 13.0 Å². The van der Waals surface area contributed by atoms with E-state index in [1.165, 1.54) is 6.26 Å². The Labute approximate surface area is 82.0 Å². The minimum atomic E-state index is -0.587. The first-order valence-electron chi connectivity index (χ1n) is 4.46. The highest BCUT2D eigenvalue weighted by Crippen LogP contribution is 2.20. The molecule has 14 heavy (non-hydrogen) atoms. The van der Waals surface area contributed by atoms with Crippen molar-refractivity contribution in [3.05, 3.63) is 42.3 Å². The molecule has 0 aliphatic rings. The molecule has 72 valence electrons. The molecule has 1 aromatic heterocycles. The summed E-state index contributed by atoms with van der Waals surface area (Å²) in [5.41, 5.74) is 1.48. The van der Waals surface area contributed by atoms with Crippen LogP contribution >= 0.6 is 0 Å². The van der Waals surface area contributed by atoms with Crippen molar-refractivity contribution in [3.8, 4) is 11.5 Å². The molecule has 0 amide bonds. The number of benzene rings is 1. The van der Waals surface area contributed by atoms with E-state index in [-0.39, 0.29) is 0 Å². The Kier molecular flexibility index (Phi) is 2.33. The average Bonchev–Trinajstić information content (AvgIpc) is 2.68. The quantitative estimate of drug-likeness (QED) is 0.789. The third kappa shape index (κ3) is 1.67. The van der Waals surface area contributed by atoms with Gasteiger partial charge in [0.05, 0.1) is 6.10 Å². The average molecular weight is 189 g/mol. The lowest BCUT2D eigenvalue weighted by molar-refractivity contribution is 0.194. The van der Waals surface area contributed by atoms with Crippen molar-refractivity contribution >= 4 is 0 Å². The first-order chi connectivity index (χ1) is 6.77. The SMILES string of the molecule is CC(O)c1coc(-c2ccccc2)n1. The van der Waals surface area contributed by atoms with Gasteiger partial charge in [-0.05, 0) is 19.1 Å². The molecule has 0 saturated carbocycles. The second kappa shape index (κ2) is 3.64. The van der Waals surface area contributed by atoms with E-state index in [0.717, 1.165) is 5.56 Å². The van der Waals surface area contributed by atoms with Crippen LogP contribution in [-0.4, -0.2) is 10.1 Å². The van der Waals surface area contributed by atoms with Crippen LogP contribution in [0.3, 0.4) is 0 Å². The summed E-state index contributed by atoms with van der Waals surface area (Å²) in [6.07, 6.45) is 0.892. The molecule has 2 rings (SSSR count). The fraction of sp³-hybridized carbons (Fsp3) is 0.182. The summed E-state index contributed by atoms with van der Waals surface area (Å²) in [5.74, 6) is 0.543. The molecule has 0 aliphatic carbocycles. The van der Waals surface area contributed by atoms with Crippen LogP contribution in [0.5, 0.6) is 0 Å². The van der Waals surface area contributed by atoms with Gasteiger partial charge in [0, 0.05) is 5.56 Å². The lowest BCUT2D eigenvalue weighted by Gasteiger charge is -1.95. The monoisotopic (exact) mass is 189 g/mol. The van der Waals surface area contributed by atoms with Crippen LogP contribution in [0.1, 0.15) is 18.7 Å². The summed E-state index contributed by atoms with van der Waals surface area (Å²) in [6, 6.07) is 9.60. The highest BCUT2D eigenvalue weighted by Gasteiger charge is 2.09. The maximum Gasteiger partial charge on any atom is 0.226 e. The predicted octanol–water partition coefficient (Wildman–Crippen LogP) is 2.39. The fourth-order valence-corrected chi connectivity index (χ4v) is 1.19. The molecule has 1 unspecified atom stereocenters. The van der Waals surface area contributed by atoms with E-state index in [9.17, 15) is 5.11 Å². The van der Waals surface area contributed by atoms with Crippen molar-refractivity contribution in [3.63, 3.8) is 0 Å². The van der Waals surface area contributed by atoms with Crippen molar-refractivity contribution in [1.29, 1.82) is 0 Å². The zero-order valence-corrected chi connectivity index (χ0v) is 7.84. The highest BCUT2D eigenvalue weighted by atomic mass is 16.3. The van der Waals surface area contributed by atoms with Crippen LogP contribution < -0.4 is 0 Å². The standard InChI is InChI=1S/C11H11NO2/c1-8(13)10-7-14-11(12-10)9-5-3-2-4-6-9/h2-8,13H,1H3. The summed E-state index contributed by atoms with van der Waals surface area (Å²) in [5, 5.41) is 9.26. The normalized spacial score (nSPS) is 12.7. The lowest BCUT2D eigenvalue weighted by Crippen LogP contribution is -1.90. The second-order valence-electron chi connectivity index (χ2n) is 3.12. The molecular weight excluding hydrogens is 178 g/mol.